The van der Waals surface area contributed by atoms with E-state index in [1.54, 1.807) is 14.2 Å². The number of carbonyl (C=O) groups is 1. The summed E-state index contributed by atoms with van der Waals surface area (Å²) in [5.41, 5.74) is 6.71. The van der Waals surface area contributed by atoms with E-state index in [0.717, 1.165) is 18.4 Å². The Labute approximate surface area is 138 Å². The fraction of sp³-hybridized carbons (Fsp3) is 0.562. The Hall–Kier alpha value is -1.14. The van der Waals surface area contributed by atoms with Gasteiger partial charge in [0.15, 0.2) is 6.10 Å². The van der Waals surface area contributed by atoms with Crippen molar-refractivity contribution in [1.29, 1.82) is 0 Å². The summed E-state index contributed by atoms with van der Waals surface area (Å²) in [6.45, 7) is 1.10. The Morgan fingerprint density at radius 3 is 2.59 bits per heavy atom. The van der Waals surface area contributed by atoms with E-state index in [0.29, 0.717) is 13.1 Å². The van der Waals surface area contributed by atoms with E-state index >= 15 is 0 Å². The first-order valence-electron chi connectivity index (χ1n) is 7.32. The second-order valence-electron chi connectivity index (χ2n) is 5.33. The van der Waals surface area contributed by atoms with Gasteiger partial charge in [-0.2, -0.15) is 0 Å². The quantitative estimate of drug-likeness (QED) is 0.894. The largest absolute Gasteiger partial charge is 0.381 e. The van der Waals surface area contributed by atoms with Crippen LogP contribution in [0.3, 0.4) is 0 Å². The molecule has 1 aliphatic heterocycles. The zero-order chi connectivity index (χ0) is 15.2. The molecule has 0 saturated carbocycles. The molecule has 6 heteroatoms. The molecule has 5 nitrogen and oxygen atoms in total. The summed E-state index contributed by atoms with van der Waals surface area (Å²) in [7, 11) is 3.27. The standard InChI is InChI=1S/C16H24N2O3.ClH/c1-20-14-8-9-18(13(10-14)11-17)16(19)15(21-2)12-6-4-3-5-7-12;/h3-7,13-15H,8-11,17H2,1-2H3;1H. The molecule has 1 aliphatic rings. The van der Waals surface area contributed by atoms with Gasteiger partial charge in [0.1, 0.15) is 0 Å². The number of hydrogen-bond donors (Lipinski definition) is 1. The Kier molecular flexibility index (Phi) is 7.82. The van der Waals surface area contributed by atoms with Gasteiger partial charge in [-0.1, -0.05) is 30.3 Å². The number of methoxy groups -OCH3 is 2. The van der Waals surface area contributed by atoms with Gasteiger partial charge in [-0.3, -0.25) is 4.79 Å². The zero-order valence-corrected chi connectivity index (χ0v) is 13.9. The Morgan fingerprint density at radius 2 is 2.05 bits per heavy atom. The maximum atomic E-state index is 12.8. The number of likely N-dealkylation sites (tertiary alicyclic amines) is 1. The lowest BCUT2D eigenvalue weighted by molar-refractivity contribution is -0.148. The lowest BCUT2D eigenvalue weighted by atomic mass is 9.97. The number of nitrogens with two attached hydrogens (primary N) is 1. The normalized spacial score (nSPS) is 22.8. The first kappa shape index (κ1) is 18.9. The maximum Gasteiger partial charge on any atom is 0.256 e. The number of nitrogens with zero attached hydrogens (tertiary/aromatic N) is 1. The smallest absolute Gasteiger partial charge is 0.256 e. The average molecular weight is 329 g/mol. The average Bonchev–Trinajstić information content (AvgIpc) is 2.55. The van der Waals surface area contributed by atoms with Crippen molar-refractivity contribution >= 4 is 18.3 Å². The third kappa shape index (κ3) is 4.20. The van der Waals surface area contributed by atoms with Crippen LogP contribution in [0.4, 0.5) is 0 Å². The minimum atomic E-state index is -0.570. The van der Waals surface area contributed by atoms with Crippen molar-refractivity contribution in [1.82, 2.24) is 4.90 Å². The maximum absolute atomic E-state index is 12.8. The lowest BCUT2D eigenvalue weighted by Gasteiger charge is -2.39. The Balaban J connectivity index is 0.00000242. The fourth-order valence-corrected chi connectivity index (χ4v) is 2.90. The molecule has 0 radical (unpaired) electrons. The van der Waals surface area contributed by atoms with Gasteiger partial charge in [-0.15, -0.1) is 12.4 Å². The molecule has 0 aromatic heterocycles. The van der Waals surface area contributed by atoms with Gasteiger partial charge in [0.25, 0.3) is 5.91 Å². The van der Waals surface area contributed by atoms with Crippen LogP contribution in [0.15, 0.2) is 30.3 Å². The van der Waals surface area contributed by atoms with Crippen LogP contribution in [-0.4, -0.2) is 50.3 Å². The number of benzene rings is 1. The molecule has 0 spiro atoms. The number of piperidine rings is 1. The van der Waals surface area contributed by atoms with Gasteiger partial charge in [-0.05, 0) is 18.4 Å². The summed E-state index contributed by atoms with van der Waals surface area (Å²) in [5, 5.41) is 0. The molecule has 3 unspecified atom stereocenters. The van der Waals surface area contributed by atoms with Crippen molar-refractivity contribution in [2.45, 2.75) is 31.1 Å². The first-order chi connectivity index (χ1) is 10.2. The Bertz CT molecular complexity index is 458. The predicted molar refractivity (Wildman–Crippen MR) is 88.0 cm³/mol. The highest BCUT2D eigenvalue weighted by Gasteiger charge is 2.34. The molecule has 1 aromatic rings. The molecular weight excluding hydrogens is 304 g/mol. The van der Waals surface area contributed by atoms with E-state index in [1.807, 2.05) is 35.2 Å². The van der Waals surface area contributed by atoms with Crippen LogP contribution < -0.4 is 5.73 Å². The molecule has 1 amide bonds. The topological polar surface area (TPSA) is 64.8 Å². The molecule has 1 aromatic carbocycles. The Morgan fingerprint density at radius 1 is 1.36 bits per heavy atom. The van der Waals surface area contributed by atoms with Crippen molar-refractivity contribution in [3.8, 4) is 0 Å². The van der Waals surface area contributed by atoms with Crippen molar-refractivity contribution in [2.75, 3.05) is 27.3 Å². The van der Waals surface area contributed by atoms with Crippen LogP contribution in [0.2, 0.25) is 0 Å². The van der Waals surface area contributed by atoms with Crippen LogP contribution >= 0.6 is 12.4 Å². The van der Waals surface area contributed by atoms with E-state index in [2.05, 4.69) is 0 Å². The van der Waals surface area contributed by atoms with E-state index < -0.39 is 6.10 Å². The van der Waals surface area contributed by atoms with Gasteiger partial charge < -0.3 is 20.1 Å². The third-order valence-electron chi connectivity index (χ3n) is 4.12. The number of rotatable bonds is 5. The van der Waals surface area contributed by atoms with Crippen molar-refractivity contribution in [3.63, 3.8) is 0 Å². The lowest BCUT2D eigenvalue weighted by Crippen LogP contribution is -2.52. The van der Waals surface area contributed by atoms with Crippen molar-refractivity contribution in [2.24, 2.45) is 5.73 Å². The first-order valence-corrected chi connectivity index (χ1v) is 7.32. The molecule has 1 saturated heterocycles. The van der Waals surface area contributed by atoms with Crippen LogP contribution in [0.1, 0.15) is 24.5 Å². The summed E-state index contributed by atoms with van der Waals surface area (Å²) in [4.78, 5) is 14.6. The van der Waals surface area contributed by atoms with Crippen LogP contribution in [0.5, 0.6) is 0 Å². The van der Waals surface area contributed by atoms with E-state index in [9.17, 15) is 4.79 Å². The van der Waals surface area contributed by atoms with Crippen molar-refractivity contribution in [3.05, 3.63) is 35.9 Å². The SMILES string of the molecule is COC1CCN(C(=O)C(OC)c2ccccc2)C(CN)C1.Cl. The predicted octanol–water partition coefficient (Wildman–Crippen LogP) is 1.76. The van der Waals surface area contributed by atoms with E-state index in [4.69, 9.17) is 15.2 Å². The second-order valence-corrected chi connectivity index (χ2v) is 5.33. The summed E-state index contributed by atoms with van der Waals surface area (Å²) in [6.07, 6.45) is 1.23. The van der Waals surface area contributed by atoms with Crippen molar-refractivity contribution < 1.29 is 14.3 Å². The van der Waals surface area contributed by atoms with Gasteiger partial charge in [-0.25, -0.2) is 0 Å². The monoisotopic (exact) mass is 328 g/mol. The summed E-state index contributed by atoms with van der Waals surface area (Å²) >= 11 is 0. The summed E-state index contributed by atoms with van der Waals surface area (Å²) in [6, 6.07) is 9.57. The third-order valence-corrected chi connectivity index (χ3v) is 4.12. The number of hydrogen-bond acceptors (Lipinski definition) is 4. The molecule has 0 aliphatic carbocycles. The van der Waals surface area contributed by atoms with Gasteiger partial charge in [0, 0.05) is 33.4 Å². The highest BCUT2D eigenvalue weighted by Crippen LogP contribution is 2.25. The minimum Gasteiger partial charge on any atom is -0.381 e. The van der Waals surface area contributed by atoms with Gasteiger partial charge >= 0.3 is 0 Å². The van der Waals surface area contributed by atoms with Crippen LogP contribution in [0.25, 0.3) is 0 Å². The van der Waals surface area contributed by atoms with Crippen LogP contribution in [0, 0.1) is 0 Å². The summed E-state index contributed by atoms with van der Waals surface area (Å²) in [5.74, 6) is -0.0197. The van der Waals surface area contributed by atoms with Crippen LogP contribution in [-0.2, 0) is 14.3 Å². The molecule has 2 N–H and O–H groups in total. The highest BCUT2D eigenvalue weighted by atomic mass is 35.5. The van der Waals surface area contributed by atoms with Gasteiger partial charge in [0.2, 0.25) is 0 Å². The zero-order valence-electron chi connectivity index (χ0n) is 13.1. The minimum absolute atomic E-state index is 0. The molecule has 1 heterocycles. The second kappa shape index (κ2) is 9.10. The molecule has 1 fully saturated rings. The number of amides is 1. The molecular formula is C16H25ClN2O3. The fourth-order valence-electron chi connectivity index (χ4n) is 2.90. The molecule has 3 atom stereocenters. The van der Waals surface area contributed by atoms with E-state index in [-0.39, 0.29) is 30.5 Å². The molecule has 22 heavy (non-hydrogen) atoms. The summed E-state index contributed by atoms with van der Waals surface area (Å²) < 4.78 is 10.8. The number of carbonyl (C=O) groups excluding carboxylic acids is 1. The number of halogens is 1. The molecule has 124 valence electrons. The number of ether oxygens (including phenoxy) is 2. The van der Waals surface area contributed by atoms with Gasteiger partial charge in [0.05, 0.1) is 6.10 Å². The highest BCUT2D eigenvalue weighted by molar-refractivity contribution is 5.85. The molecule has 2 rings (SSSR count). The molecule has 0 bridgehead atoms. The van der Waals surface area contributed by atoms with E-state index in [1.165, 1.54) is 0 Å².